The van der Waals surface area contributed by atoms with Crippen molar-refractivity contribution in [2.24, 2.45) is 0 Å². The zero-order valence-corrected chi connectivity index (χ0v) is 19.9. The van der Waals surface area contributed by atoms with Crippen LogP contribution >= 0.6 is 23.2 Å². The second kappa shape index (κ2) is 10.4. The number of amides is 1. The maximum absolute atomic E-state index is 13.4. The number of sulfonamides is 1. The van der Waals surface area contributed by atoms with Crippen LogP contribution in [-0.2, 0) is 21.4 Å². The van der Waals surface area contributed by atoms with Crippen LogP contribution in [-0.4, -0.2) is 39.3 Å². The summed E-state index contributed by atoms with van der Waals surface area (Å²) in [5, 5.41) is 0.958. The smallest absolute Gasteiger partial charge is 0.243 e. The molecule has 0 radical (unpaired) electrons. The molecule has 3 aromatic carbocycles. The SMILES string of the molecule is COc1ccc(N(C)C(=O)CN(Cc2ccc(Cl)cc2)S(=O)(=O)c2ccc(Cl)cc2)cc1. The van der Waals surface area contributed by atoms with Crippen LogP contribution in [0.25, 0.3) is 0 Å². The van der Waals surface area contributed by atoms with Crippen LogP contribution in [0.2, 0.25) is 10.0 Å². The van der Waals surface area contributed by atoms with Crippen molar-refractivity contribution in [2.75, 3.05) is 25.6 Å². The summed E-state index contributed by atoms with van der Waals surface area (Å²) in [6, 6.07) is 19.6. The van der Waals surface area contributed by atoms with Crippen LogP contribution in [0, 0.1) is 0 Å². The van der Waals surface area contributed by atoms with Gasteiger partial charge in [-0.1, -0.05) is 35.3 Å². The first kappa shape index (κ1) is 24.1. The molecule has 0 aliphatic carbocycles. The summed E-state index contributed by atoms with van der Waals surface area (Å²) >= 11 is 11.9. The van der Waals surface area contributed by atoms with Crippen molar-refractivity contribution in [1.29, 1.82) is 0 Å². The molecule has 9 heteroatoms. The van der Waals surface area contributed by atoms with Gasteiger partial charge in [0.2, 0.25) is 15.9 Å². The molecule has 0 N–H and O–H groups in total. The van der Waals surface area contributed by atoms with E-state index in [0.717, 1.165) is 4.31 Å². The maximum atomic E-state index is 13.4. The van der Waals surface area contributed by atoms with E-state index in [1.54, 1.807) is 62.7 Å². The van der Waals surface area contributed by atoms with Gasteiger partial charge >= 0.3 is 0 Å². The Balaban J connectivity index is 1.89. The lowest BCUT2D eigenvalue weighted by molar-refractivity contribution is -0.118. The topological polar surface area (TPSA) is 66.9 Å². The monoisotopic (exact) mass is 492 g/mol. The van der Waals surface area contributed by atoms with E-state index in [9.17, 15) is 13.2 Å². The molecular formula is C23H22Cl2N2O4S. The highest BCUT2D eigenvalue weighted by Crippen LogP contribution is 2.23. The van der Waals surface area contributed by atoms with E-state index in [1.807, 2.05) is 0 Å². The number of carbonyl (C=O) groups is 1. The van der Waals surface area contributed by atoms with Gasteiger partial charge in [0.05, 0.1) is 18.6 Å². The highest BCUT2D eigenvalue weighted by atomic mass is 35.5. The Hall–Kier alpha value is -2.58. The molecule has 0 atom stereocenters. The quantitative estimate of drug-likeness (QED) is 0.450. The number of hydrogen-bond acceptors (Lipinski definition) is 4. The minimum atomic E-state index is -3.97. The molecule has 1 amide bonds. The molecule has 32 heavy (non-hydrogen) atoms. The maximum Gasteiger partial charge on any atom is 0.243 e. The molecule has 6 nitrogen and oxygen atoms in total. The molecule has 0 fully saturated rings. The Kier molecular flexibility index (Phi) is 7.79. The molecule has 168 valence electrons. The Morgan fingerprint density at radius 2 is 1.41 bits per heavy atom. The lowest BCUT2D eigenvalue weighted by Gasteiger charge is -2.25. The van der Waals surface area contributed by atoms with Gasteiger partial charge < -0.3 is 9.64 Å². The lowest BCUT2D eigenvalue weighted by atomic mass is 10.2. The molecule has 0 unspecified atom stereocenters. The third-order valence-corrected chi connectivity index (χ3v) is 7.18. The van der Waals surface area contributed by atoms with E-state index in [0.29, 0.717) is 27.0 Å². The van der Waals surface area contributed by atoms with E-state index < -0.39 is 10.0 Å². The Bertz CT molecular complexity index is 1170. The fourth-order valence-corrected chi connectivity index (χ4v) is 4.61. The summed E-state index contributed by atoms with van der Waals surface area (Å²) in [6.07, 6.45) is 0. The zero-order valence-electron chi connectivity index (χ0n) is 17.5. The fraction of sp³-hybridized carbons (Fsp3) is 0.174. The van der Waals surface area contributed by atoms with Gasteiger partial charge in [-0.3, -0.25) is 4.79 Å². The van der Waals surface area contributed by atoms with Crippen molar-refractivity contribution < 1.29 is 17.9 Å². The first-order valence-corrected chi connectivity index (χ1v) is 11.8. The molecule has 0 aromatic heterocycles. The summed E-state index contributed by atoms with van der Waals surface area (Å²) in [4.78, 5) is 14.5. The number of anilines is 1. The zero-order chi connectivity index (χ0) is 23.3. The van der Waals surface area contributed by atoms with E-state index in [4.69, 9.17) is 27.9 Å². The van der Waals surface area contributed by atoms with Crippen LogP contribution in [0.1, 0.15) is 5.56 Å². The average Bonchev–Trinajstić information content (AvgIpc) is 2.79. The molecule has 0 heterocycles. The van der Waals surface area contributed by atoms with Gasteiger partial charge in [0, 0.05) is 29.3 Å². The third kappa shape index (κ3) is 5.81. The van der Waals surface area contributed by atoms with Crippen LogP contribution < -0.4 is 9.64 Å². The van der Waals surface area contributed by atoms with Crippen LogP contribution in [0.5, 0.6) is 5.75 Å². The second-order valence-corrected chi connectivity index (χ2v) is 9.82. The fourth-order valence-electron chi connectivity index (χ4n) is 2.98. The van der Waals surface area contributed by atoms with Crippen molar-refractivity contribution in [3.8, 4) is 5.75 Å². The number of nitrogens with zero attached hydrogens (tertiary/aromatic N) is 2. The van der Waals surface area contributed by atoms with Gasteiger partial charge in [0.1, 0.15) is 5.75 Å². The minimum Gasteiger partial charge on any atom is -0.497 e. The van der Waals surface area contributed by atoms with Gasteiger partial charge in [0.15, 0.2) is 0 Å². The van der Waals surface area contributed by atoms with E-state index in [1.165, 1.54) is 29.2 Å². The van der Waals surface area contributed by atoms with E-state index in [-0.39, 0.29) is 23.9 Å². The second-order valence-electron chi connectivity index (χ2n) is 7.00. The standard InChI is InChI=1S/C23H22Cl2N2O4S/c1-26(20-9-11-21(31-2)12-10-20)23(28)16-27(15-17-3-5-18(24)6-4-17)32(29,30)22-13-7-19(25)8-14-22/h3-14H,15-16H2,1-2H3. The van der Waals surface area contributed by atoms with Crippen LogP contribution in [0.15, 0.2) is 77.7 Å². The summed E-state index contributed by atoms with van der Waals surface area (Å²) in [5.74, 6) is 0.269. The number of benzene rings is 3. The number of hydrogen-bond donors (Lipinski definition) is 0. The number of likely N-dealkylation sites (N-methyl/N-ethyl adjacent to an activating group) is 1. The minimum absolute atomic E-state index is 0.00429. The molecule has 0 saturated heterocycles. The lowest BCUT2D eigenvalue weighted by Crippen LogP contribution is -2.41. The summed E-state index contributed by atoms with van der Waals surface area (Å²) in [6.45, 7) is -0.347. The third-order valence-electron chi connectivity index (χ3n) is 4.87. The van der Waals surface area contributed by atoms with Crippen LogP contribution in [0.4, 0.5) is 5.69 Å². The van der Waals surface area contributed by atoms with E-state index in [2.05, 4.69) is 0 Å². The van der Waals surface area contributed by atoms with Crippen LogP contribution in [0.3, 0.4) is 0 Å². The molecular weight excluding hydrogens is 471 g/mol. The molecule has 0 spiro atoms. The normalized spacial score (nSPS) is 11.4. The average molecular weight is 493 g/mol. The van der Waals surface area contributed by atoms with E-state index >= 15 is 0 Å². The molecule has 0 aliphatic rings. The molecule has 3 aromatic rings. The highest BCUT2D eigenvalue weighted by molar-refractivity contribution is 7.89. The van der Waals surface area contributed by atoms with Gasteiger partial charge in [0.25, 0.3) is 0 Å². The number of rotatable bonds is 8. The predicted molar refractivity (Wildman–Crippen MR) is 127 cm³/mol. The Morgan fingerprint density at radius 3 is 1.94 bits per heavy atom. The number of methoxy groups -OCH3 is 1. The van der Waals surface area contributed by atoms with Gasteiger partial charge in [-0.2, -0.15) is 4.31 Å². The number of carbonyl (C=O) groups excluding carboxylic acids is 1. The number of halogens is 2. The first-order chi connectivity index (χ1) is 15.2. The van der Waals surface area contributed by atoms with Crippen molar-refractivity contribution >= 4 is 44.8 Å². The largest absolute Gasteiger partial charge is 0.497 e. The summed E-state index contributed by atoms with van der Waals surface area (Å²) < 4.78 is 33.0. The predicted octanol–water partition coefficient (Wildman–Crippen LogP) is 4.86. The van der Waals surface area contributed by atoms with Crippen molar-refractivity contribution in [1.82, 2.24) is 4.31 Å². The van der Waals surface area contributed by atoms with Gasteiger partial charge in [-0.15, -0.1) is 0 Å². The van der Waals surface area contributed by atoms with Crippen molar-refractivity contribution in [2.45, 2.75) is 11.4 Å². The van der Waals surface area contributed by atoms with Gasteiger partial charge in [-0.25, -0.2) is 8.42 Å². The molecule has 0 bridgehead atoms. The summed E-state index contributed by atoms with van der Waals surface area (Å²) in [5.41, 5.74) is 1.32. The highest BCUT2D eigenvalue weighted by Gasteiger charge is 2.28. The van der Waals surface area contributed by atoms with Crippen molar-refractivity contribution in [3.05, 3.63) is 88.4 Å². The van der Waals surface area contributed by atoms with Crippen molar-refractivity contribution in [3.63, 3.8) is 0 Å². The molecule has 3 rings (SSSR count). The Labute approximate surface area is 198 Å². The van der Waals surface area contributed by atoms with Gasteiger partial charge in [-0.05, 0) is 66.2 Å². The molecule has 0 saturated carbocycles. The first-order valence-electron chi connectivity index (χ1n) is 9.61. The number of ether oxygens (including phenoxy) is 1. The molecule has 0 aliphatic heterocycles. The Morgan fingerprint density at radius 1 is 0.875 bits per heavy atom. The summed E-state index contributed by atoms with van der Waals surface area (Å²) in [7, 11) is -0.821.